The molecule has 0 aliphatic carbocycles. The molecular formula is C44H51ClN2. The number of benzene rings is 5. The van der Waals surface area contributed by atoms with Gasteiger partial charge in [-0.2, -0.15) is 0 Å². The molecule has 0 fully saturated rings. The Balaban J connectivity index is 1.70. The molecule has 0 aliphatic rings. The van der Waals surface area contributed by atoms with Crippen LogP contribution in [0.4, 0.5) is 28.4 Å². The Morgan fingerprint density at radius 3 is 1.28 bits per heavy atom. The molecule has 5 aromatic carbocycles. The zero-order chi connectivity index (χ0) is 34.1. The van der Waals surface area contributed by atoms with E-state index in [4.69, 9.17) is 11.6 Å². The minimum Gasteiger partial charge on any atom is -0.336 e. The first-order valence-corrected chi connectivity index (χ1v) is 17.1. The van der Waals surface area contributed by atoms with E-state index in [0.29, 0.717) is 11.6 Å². The molecule has 0 heterocycles. The topological polar surface area (TPSA) is 6.48 Å². The third-order valence-electron chi connectivity index (χ3n) is 8.92. The Morgan fingerprint density at radius 2 is 0.872 bits per heavy atom. The highest BCUT2D eigenvalue weighted by molar-refractivity contribution is 6.36. The molecule has 47 heavy (non-hydrogen) atoms. The van der Waals surface area contributed by atoms with Crippen LogP contribution in [0.25, 0.3) is 0 Å². The van der Waals surface area contributed by atoms with Gasteiger partial charge in [0.15, 0.2) is 0 Å². The van der Waals surface area contributed by atoms with E-state index in [9.17, 15) is 0 Å². The smallest absolute Gasteiger partial charge is 0.0883 e. The van der Waals surface area contributed by atoms with Crippen LogP contribution in [0.2, 0.25) is 5.02 Å². The van der Waals surface area contributed by atoms with Crippen molar-refractivity contribution in [1.29, 1.82) is 0 Å². The lowest BCUT2D eigenvalue weighted by Crippen LogP contribution is -2.19. The van der Waals surface area contributed by atoms with Crippen LogP contribution in [0.1, 0.15) is 90.1 Å². The van der Waals surface area contributed by atoms with Crippen LogP contribution in [0.15, 0.2) is 115 Å². The van der Waals surface area contributed by atoms with E-state index in [1.165, 1.54) is 22.3 Å². The van der Waals surface area contributed by atoms with Gasteiger partial charge in [0.1, 0.15) is 0 Å². The van der Waals surface area contributed by atoms with Crippen molar-refractivity contribution in [2.45, 2.75) is 92.0 Å². The summed E-state index contributed by atoms with van der Waals surface area (Å²) in [5, 5.41) is 0.714. The number of anilines is 5. The predicted molar refractivity (Wildman–Crippen MR) is 206 cm³/mol. The van der Waals surface area contributed by atoms with Gasteiger partial charge in [0, 0.05) is 23.6 Å². The highest BCUT2D eigenvalue weighted by atomic mass is 35.5. The molecule has 0 aliphatic heterocycles. The number of nitrogens with zero attached hydrogens (tertiary/aromatic N) is 2. The van der Waals surface area contributed by atoms with Crippen LogP contribution in [0.5, 0.6) is 0 Å². The molecule has 0 saturated heterocycles. The molecule has 0 radical (unpaired) electrons. The molecule has 0 N–H and O–H groups in total. The fraction of sp³-hybridized carbons (Fsp3) is 0.318. The lowest BCUT2D eigenvalue weighted by atomic mass is 9.86. The average molecular weight is 643 g/mol. The van der Waals surface area contributed by atoms with Crippen molar-refractivity contribution in [3.05, 3.63) is 148 Å². The summed E-state index contributed by atoms with van der Waals surface area (Å²) in [6.45, 7) is 23.1. The second-order valence-corrected chi connectivity index (χ2v) is 16.3. The van der Waals surface area contributed by atoms with Gasteiger partial charge in [-0.1, -0.05) is 141 Å². The van der Waals surface area contributed by atoms with E-state index >= 15 is 0 Å². The molecule has 0 spiro atoms. The van der Waals surface area contributed by atoms with Crippen molar-refractivity contribution >= 4 is 40.0 Å². The van der Waals surface area contributed by atoms with Gasteiger partial charge in [-0.05, 0) is 99.5 Å². The first-order chi connectivity index (χ1) is 22.0. The van der Waals surface area contributed by atoms with Crippen LogP contribution >= 0.6 is 11.6 Å². The van der Waals surface area contributed by atoms with Crippen molar-refractivity contribution in [2.75, 3.05) is 9.80 Å². The molecule has 0 atom stereocenters. The second-order valence-electron chi connectivity index (χ2n) is 15.9. The number of hydrogen-bond acceptors (Lipinski definition) is 2. The Morgan fingerprint density at radius 1 is 0.489 bits per heavy atom. The fourth-order valence-corrected chi connectivity index (χ4v) is 6.26. The summed E-state index contributed by atoms with van der Waals surface area (Å²) in [6.07, 6.45) is 0. The van der Waals surface area contributed by atoms with E-state index in [2.05, 4.69) is 194 Å². The first kappa shape index (κ1) is 34.3. The van der Waals surface area contributed by atoms with E-state index in [1.54, 1.807) is 0 Å². The third kappa shape index (κ3) is 7.94. The molecule has 0 amide bonds. The Hall–Kier alpha value is -4.01. The lowest BCUT2D eigenvalue weighted by molar-refractivity contribution is 0.590. The number of hydrogen-bond donors (Lipinski definition) is 0. The standard InChI is InChI=1S/C44H51ClN2/c1-31-28-39(46(30-32-14-12-11-13-15-32)36-22-16-33(17-23-36)42(2,3)4)41(45)40(29-31)47(37-24-18-34(19-25-37)43(5,6)7)38-26-20-35(21-27-38)44(8,9)10/h11-29H,30H2,1-10H3. The highest BCUT2D eigenvalue weighted by Crippen LogP contribution is 2.46. The van der Waals surface area contributed by atoms with Crippen LogP contribution in [-0.2, 0) is 22.8 Å². The van der Waals surface area contributed by atoms with Gasteiger partial charge < -0.3 is 9.80 Å². The number of aryl methyl sites for hydroxylation is 1. The summed E-state index contributed by atoms with van der Waals surface area (Å²) in [4.78, 5) is 4.66. The summed E-state index contributed by atoms with van der Waals surface area (Å²) < 4.78 is 0. The van der Waals surface area contributed by atoms with Crippen molar-refractivity contribution in [3.8, 4) is 0 Å². The minimum absolute atomic E-state index is 0.0618. The van der Waals surface area contributed by atoms with E-state index in [-0.39, 0.29) is 16.2 Å². The molecule has 2 nitrogen and oxygen atoms in total. The van der Waals surface area contributed by atoms with E-state index in [0.717, 1.165) is 34.0 Å². The van der Waals surface area contributed by atoms with Gasteiger partial charge in [0.25, 0.3) is 0 Å². The Kier molecular flexibility index (Phi) is 9.67. The quantitative estimate of drug-likeness (QED) is 0.174. The minimum atomic E-state index is 0.0618. The Labute approximate surface area is 289 Å². The molecule has 5 rings (SSSR count). The van der Waals surface area contributed by atoms with Gasteiger partial charge in [-0.3, -0.25) is 0 Å². The molecule has 0 bridgehead atoms. The van der Waals surface area contributed by atoms with Crippen molar-refractivity contribution < 1.29 is 0 Å². The van der Waals surface area contributed by atoms with E-state index in [1.807, 2.05) is 0 Å². The van der Waals surface area contributed by atoms with Crippen LogP contribution < -0.4 is 9.80 Å². The maximum Gasteiger partial charge on any atom is 0.0883 e. The van der Waals surface area contributed by atoms with Crippen LogP contribution in [-0.4, -0.2) is 0 Å². The van der Waals surface area contributed by atoms with Crippen molar-refractivity contribution in [3.63, 3.8) is 0 Å². The number of halogens is 1. The van der Waals surface area contributed by atoms with Gasteiger partial charge >= 0.3 is 0 Å². The largest absolute Gasteiger partial charge is 0.336 e. The van der Waals surface area contributed by atoms with E-state index < -0.39 is 0 Å². The zero-order valence-corrected chi connectivity index (χ0v) is 30.7. The summed E-state index contributed by atoms with van der Waals surface area (Å²) in [5.41, 5.74) is 11.7. The summed E-state index contributed by atoms with van der Waals surface area (Å²) in [7, 11) is 0. The maximum absolute atomic E-state index is 7.61. The van der Waals surface area contributed by atoms with Crippen LogP contribution in [0, 0.1) is 6.92 Å². The van der Waals surface area contributed by atoms with Gasteiger partial charge in [0.2, 0.25) is 0 Å². The third-order valence-corrected chi connectivity index (χ3v) is 9.31. The lowest BCUT2D eigenvalue weighted by Gasteiger charge is -2.32. The molecular weight excluding hydrogens is 592 g/mol. The second kappa shape index (κ2) is 13.2. The average Bonchev–Trinajstić information content (AvgIpc) is 3.01. The van der Waals surface area contributed by atoms with Crippen molar-refractivity contribution in [2.24, 2.45) is 0 Å². The van der Waals surface area contributed by atoms with Crippen molar-refractivity contribution in [1.82, 2.24) is 0 Å². The Bertz CT molecular complexity index is 1730. The molecule has 244 valence electrons. The predicted octanol–water partition coefficient (Wildman–Crippen LogP) is 13.3. The molecule has 3 heteroatoms. The molecule has 0 aromatic heterocycles. The monoisotopic (exact) mass is 642 g/mol. The first-order valence-electron chi connectivity index (χ1n) is 16.8. The SMILES string of the molecule is Cc1cc(N(Cc2ccccc2)c2ccc(C(C)(C)C)cc2)c(Cl)c(N(c2ccc(C(C)(C)C)cc2)c2ccc(C(C)(C)C)cc2)c1. The molecule has 5 aromatic rings. The fourth-order valence-electron chi connectivity index (χ4n) is 5.96. The summed E-state index contributed by atoms with van der Waals surface area (Å²) in [6, 6.07) is 41.9. The molecule has 0 unspecified atom stereocenters. The van der Waals surface area contributed by atoms with Gasteiger partial charge in [-0.15, -0.1) is 0 Å². The zero-order valence-electron chi connectivity index (χ0n) is 29.9. The summed E-state index contributed by atoms with van der Waals surface area (Å²) in [5.74, 6) is 0. The highest BCUT2D eigenvalue weighted by Gasteiger charge is 2.24. The summed E-state index contributed by atoms with van der Waals surface area (Å²) >= 11 is 7.61. The van der Waals surface area contributed by atoms with Crippen LogP contribution in [0.3, 0.4) is 0 Å². The number of rotatable bonds is 7. The molecule has 0 saturated carbocycles. The van der Waals surface area contributed by atoms with Gasteiger partial charge in [-0.25, -0.2) is 0 Å². The van der Waals surface area contributed by atoms with Gasteiger partial charge in [0.05, 0.1) is 16.4 Å². The maximum atomic E-state index is 7.61. The normalized spacial score (nSPS) is 12.2.